The van der Waals surface area contributed by atoms with Crippen LogP contribution in [0.3, 0.4) is 0 Å². The number of rotatable bonds is 5. The van der Waals surface area contributed by atoms with Crippen LogP contribution in [0.1, 0.15) is 33.3 Å². The summed E-state index contributed by atoms with van der Waals surface area (Å²) in [4.78, 5) is 10.7. The summed E-state index contributed by atoms with van der Waals surface area (Å²) in [5.41, 5.74) is 0.768. The molecule has 0 aliphatic rings. The van der Waals surface area contributed by atoms with Crippen molar-refractivity contribution in [3.05, 3.63) is 27.8 Å². The zero-order valence-corrected chi connectivity index (χ0v) is 13.2. The molecular formula is C13H20N2O4S. The second-order valence-corrected chi connectivity index (χ2v) is 6.79. The minimum absolute atomic E-state index is 0.102. The zero-order chi connectivity index (χ0) is 15.5. The van der Waals surface area contributed by atoms with Gasteiger partial charge < -0.3 is 9.46 Å². The third-order valence-electron chi connectivity index (χ3n) is 2.82. The maximum absolute atomic E-state index is 11.7. The number of nitro groups is 1. The Hall–Kier alpha value is -1.63. The monoisotopic (exact) mass is 300 g/mol. The smallest absolute Gasteiger partial charge is 0.313 e. The Balaban J connectivity index is 3.49. The Kier molecular flexibility index (Phi) is 5.10. The van der Waals surface area contributed by atoms with Crippen molar-refractivity contribution in [2.24, 2.45) is 0 Å². The maximum atomic E-state index is 11.7. The van der Waals surface area contributed by atoms with Gasteiger partial charge in [0.1, 0.15) is 11.0 Å². The molecule has 0 aliphatic heterocycles. The molecule has 1 N–H and O–H groups in total. The Morgan fingerprint density at radius 2 is 2.00 bits per heavy atom. The van der Waals surface area contributed by atoms with Crippen molar-refractivity contribution in [3.63, 3.8) is 0 Å². The number of nitro benzene ring substituents is 1. The van der Waals surface area contributed by atoms with Crippen LogP contribution >= 0.6 is 0 Å². The highest BCUT2D eigenvalue weighted by atomic mass is 32.2. The normalized spacial score (nSPS) is 12.8. The van der Waals surface area contributed by atoms with E-state index in [0.717, 1.165) is 5.56 Å². The molecule has 0 saturated carbocycles. The summed E-state index contributed by atoms with van der Waals surface area (Å²) in [6, 6.07) is 3.25. The molecule has 20 heavy (non-hydrogen) atoms. The lowest BCUT2D eigenvalue weighted by Crippen LogP contribution is -2.14. The Morgan fingerprint density at radius 3 is 2.40 bits per heavy atom. The van der Waals surface area contributed by atoms with Crippen LogP contribution in [-0.2, 0) is 16.4 Å². The Labute approximate surface area is 121 Å². The second-order valence-electron chi connectivity index (χ2n) is 5.32. The fraction of sp³-hybridized carbons (Fsp3) is 0.538. The highest BCUT2D eigenvalue weighted by Crippen LogP contribution is 2.39. The molecule has 1 atom stereocenters. The molecule has 7 heteroatoms. The number of anilines is 1. The SMILES string of the molecule is CCS(=O)Nc1cc(C(C)(C)C)cc([N+](=O)[O-])c1OC. The first-order valence-electron chi connectivity index (χ1n) is 6.22. The van der Waals surface area contributed by atoms with Crippen molar-refractivity contribution in [2.75, 3.05) is 17.6 Å². The van der Waals surface area contributed by atoms with E-state index in [9.17, 15) is 14.3 Å². The predicted molar refractivity (Wildman–Crippen MR) is 80.7 cm³/mol. The molecule has 1 aromatic rings. The first-order chi connectivity index (χ1) is 9.20. The number of methoxy groups -OCH3 is 1. The summed E-state index contributed by atoms with van der Waals surface area (Å²) in [5.74, 6) is 0.501. The lowest BCUT2D eigenvalue weighted by atomic mass is 9.86. The van der Waals surface area contributed by atoms with E-state index in [0.29, 0.717) is 11.4 Å². The number of hydrogen-bond donors (Lipinski definition) is 1. The van der Waals surface area contributed by atoms with Crippen LogP contribution in [0.5, 0.6) is 5.75 Å². The van der Waals surface area contributed by atoms with Crippen LogP contribution in [0.2, 0.25) is 0 Å². The molecule has 0 aliphatic carbocycles. The van der Waals surface area contributed by atoms with E-state index in [1.165, 1.54) is 13.2 Å². The van der Waals surface area contributed by atoms with E-state index in [-0.39, 0.29) is 16.9 Å². The second kappa shape index (κ2) is 6.21. The summed E-state index contributed by atoms with van der Waals surface area (Å²) in [6.07, 6.45) is 0. The van der Waals surface area contributed by atoms with Crippen LogP contribution < -0.4 is 9.46 Å². The maximum Gasteiger partial charge on any atom is 0.313 e. The lowest BCUT2D eigenvalue weighted by Gasteiger charge is -2.21. The van der Waals surface area contributed by atoms with E-state index >= 15 is 0 Å². The number of hydrogen-bond acceptors (Lipinski definition) is 4. The van der Waals surface area contributed by atoms with E-state index in [2.05, 4.69) is 4.72 Å². The van der Waals surface area contributed by atoms with Crippen molar-refractivity contribution < 1.29 is 13.9 Å². The molecule has 0 heterocycles. The van der Waals surface area contributed by atoms with Gasteiger partial charge in [-0.2, -0.15) is 0 Å². The molecule has 0 amide bonds. The Bertz CT molecular complexity index is 538. The largest absolute Gasteiger partial charge is 0.489 e. The van der Waals surface area contributed by atoms with Crippen molar-refractivity contribution >= 4 is 22.4 Å². The minimum Gasteiger partial charge on any atom is -0.489 e. The molecular weight excluding hydrogens is 280 g/mol. The van der Waals surface area contributed by atoms with Gasteiger partial charge in [0, 0.05) is 11.8 Å². The third kappa shape index (κ3) is 3.69. The molecule has 0 radical (unpaired) electrons. The molecule has 0 aromatic heterocycles. The van der Waals surface area contributed by atoms with Gasteiger partial charge in [0.05, 0.1) is 17.7 Å². The van der Waals surface area contributed by atoms with Gasteiger partial charge in [-0.05, 0) is 17.0 Å². The van der Waals surface area contributed by atoms with E-state index in [4.69, 9.17) is 4.74 Å². The van der Waals surface area contributed by atoms with Crippen molar-refractivity contribution in [1.29, 1.82) is 0 Å². The van der Waals surface area contributed by atoms with Gasteiger partial charge in [0.15, 0.2) is 0 Å². The number of nitrogens with one attached hydrogen (secondary N) is 1. The van der Waals surface area contributed by atoms with Gasteiger partial charge in [0.25, 0.3) is 0 Å². The van der Waals surface area contributed by atoms with Gasteiger partial charge >= 0.3 is 5.69 Å². The van der Waals surface area contributed by atoms with Crippen molar-refractivity contribution in [1.82, 2.24) is 0 Å². The standard InChI is InChI=1S/C13H20N2O4S/c1-6-20(18)14-10-7-9(13(2,3)4)8-11(15(16)17)12(10)19-5/h7-8,14H,6H2,1-5H3. The van der Waals surface area contributed by atoms with Gasteiger partial charge in [-0.15, -0.1) is 0 Å². The van der Waals surface area contributed by atoms with Crippen LogP contribution in [0.15, 0.2) is 12.1 Å². The topological polar surface area (TPSA) is 81.5 Å². The van der Waals surface area contributed by atoms with Gasteiger partial charge in [-0.1, -0.05) is 27.7 Å². The minimum atomic E-state index is -1.30. The summed E-state index contributed by atoms with van der Waals surface area (Å²) in [6.45, 7) is 7.63. The average Bonchev–Trinajstić information content (AvgIpc) is 2.36. The lowest BCUT2D eigenvalue weighted by molar-refractivity contribution is -0.385. The van der Waals surface area contributed by atoms with Crippen LogP contribution in [0, 0.1) is 10.1 Å². The van der Waals surface area contributed by atoms with Gasteiger partial charge in [0.2, 0.25) is 5.75 Å². The molecule has 0 saturated heterocycles. The number of ether oxygens (including phenoxy) is 1. The van der Waals surface area contributed by atoms with E-state index in [1.807, 2.05) is 20.8 Å². The molecule has 6 nitrogen and oxygen atoms in total. The van der Waals surface area contributed by atoms with E-state index < -0.39 is 15.9 Å². The van der Waals surface area contributed by atoms with Gasteiger partial charge in [-0.25, -0.2) is 4.21 Å². The van der Waals surface area contributed by atoms with E-state index in [1.54, 1.807) is 13.0 Å². The average molecular weight is 300 g/mol. The van der Waals surface area contributed by atoms with Crippen molar-refractivity contribution in [2.45, 2.75) is 33.1 Å². The summed E-state index contributed by atoms with van der Waals surface area (Å²) in [5, 5.41) is 11.2. The molecule has 0 spiro atoms. The first kappa shape index (κ1) is 16.4. The predicted octanol–water partition coefficient (Wildman–Crippen LogP) is 3.00. The molecule has 112 valence electrons. The molecule has 1 rings (SSSR count). The number of nitrogens with zero attached hydrogens (tertiary/aromatic N) is 1. The van der Waals surface area contributed by atoms with Gasteiger partial charge in [-0.3, -0.25) is 10.1 Å². The fourth-order valence-electron chi connectivity index (χ4n) is 1.67. The van der Waals surface area contributed by atoms with Crippen LogP contribution in [-0.4, -0.2) is 22.0 Å². The van der Waals surface area contributed by atoms with Crippen LogP contribution in [0.25, 0.3) is 0 Å². The summed E-state index contributed by atoms with van der Waals surface area (Å²) < 4.78 is 19.5. The highest BCUT2D eigenvalue weighted by Gasteiger charge is 2.25. The number of benzene rings is 1. The quantitative estimate of drug-likeness (QED) is 0.669. The Morgan fingerprint density at radius 1 is 1.40 bits per heavy atom. The summed E-state index contributed by atoms with van der Waals surface area (Å²) >= 11 is 0. The molecule has 1 aromatic carbocycles. The highest BCUT2D eigenvalue weighted by molar-refractivity contribution is 7.86. The molecule has 0 fully saturated rings. The third-order valence-corrected chi connectivity index (χ3v) is 3.79. The van der Waals surface area contributed by atoms with Crippen molar-refractivity contribution in [3.8, 4) is 5.75 Å². The molecule has 1 unspecified atom stereocenters. The summed E-state index contributed by atoms with van der Waals surface area (Å²) in [7, 11) is 0.0613. The zero-order valence-electron chi connectivity index (χ0n) is 12.4. The molecule has 0 bridgehead atoms. The fourth-order valence-corrected chi connectivity index (χ4v) is 2.21. The first-order valence-corrected chi connectivity index (χ1v) is 7.54. The van der Waals surface area contributed by atoms with Crippen LogP contribution in [0.4, 0.5) is 11.4 Å².